The van der Waals surface area contributed by atoms with Crippen LogP contribution in [-0.4, -0.2) is 35.5 Å². The first-order chi connectivity index (χ1) is 11.7. The normalized spacial score (nSPS) is 16.0. The van der Waals surface area contributed by atoms with E-state index in [1.54, 1.807) is 18.3 Å². The van der Waals surface area contributed by atoms with Gasteiger partial charge in [0.05, 0.1) is 6.61 Å². The Kier molecular flexibility index (Phi) is 5.43. The topological polar surface area (TPSA) is 68.5 Å². The van der Waals surface area contributed by atoms with E-state index >= 15 is 0 Å². The Hall–Kier alpha value is -2.40. The average Bonchev–Trinajstić information content (AvgIpc) is 2.62. The van der Waals surface area contributed by atoms with E-state index in [0.717, 1.165) is 32.5 Å². The highest BCUT2D eigenvalue weighted by Gasteiger charge is 2.20. The van der Waals surface area contributed by atoms with Crippen LogP contribution in [0.15, 0.2) is 48.7 Å². The lowest BCUT2D eigenvalue weighted by Gasteiger charge is -2.31. The summed E-state index contributed by atoms with van der Waals surface area (Å²) >= 11 is 0. The summed E-state index contributed by atoms with van der Waals surface area (Å²) in [6.45, 7) is 3.86. The third-order valence-electron chi connectivity index (χ3n) is 4.43. The molecule has 1 fully saturated rings. The summed E-state index contributed by atoms with van der Waals surface area (Å²) in [4.78, 5) is 17.6. The van der Waals surface area contributed by atoms with Crippen molar-refractivity contribution in [3.63, 3.8) is 0 Å². The number of amides is 1. The van der Waals surface area contributed by atoms with Crippen LogP contribution in [0.5, 0.6) is 5.75 Å². The van der Waals surface area contributed by atoms with Crippen molar-refractivity contribution in [2.45, 2.75) is 19.4 Å². The number of ether oxygens (including phenoxy) is 1. The summed E-state index contributed by atoms with van der Waals surface area (Å²) in [5.41, 5.74) is 6.84. The van der Waals surface area contributed by atoms with E-state index in [1.807, 2.05) is 0 Å². The summed E-state index contributed by atoms with van der Waals surface area (Å²) in [5, 5.41) is 0. The third-order valence-corrected chi connectivity index (χ3v) is 4.43. The minimum Gasteiger partial charge on any atom is -0.493 e. The zero-order valence-corrected chi connectivity index (χ0v) is 13.7. The van der Waals surface area contributed by atoms with Crippen LogP contribution in [0.1, 0.15) is 28.9 Å². The molecule has 2 aromatic rings. The van der Waals surface area contributed by atoms with Crippen molar-refractivity contribution >= 4 is 5.91 Å². The summed E-state index contributed by atoms with van der Waals surface area (Å²) in [5.74, 6) is 0.669. The fourth-order valence-corrected chi connectivity index (χ4v) is 3.00. The van der Waals surface area contributed by atoms with E-state index in [4.69, 9.17) is 10.5 Å². The fourth-order valence-electron chi connectivity index (χ4n) is 3.00. The molecule has 0 spiro atoms. The van der Waals surface area contributed by atoms with Gasteiger partial charge in [0.25, 0.3) is 5.91 Å². The molecule has 126 valence electrons. The Morgan fingerprint density at radius 3 is 2.67 bits per heavy atom. The number of rotatable bonds is 6. The predicted molar refractivity (Wildman–Crippen MR) is 92.7 cm³/mol. The molecule has 5 nitrogen and oxygen atoms in total. The number of pyridine rings is 1. The molecule has 3 rings (SSSR count). The van der Waals surface area contributed by atoms with E-state index < -0.39 is 5.91 Å². The van der Waals surface area contributed by atoms with Gasteiger partial charge in [-0.15, -0.1) is 0 Å². The van der Waals surface area contributed by atoms with Gasteiger partial charge in [0.1, 0.15) is 11.4 Å². The fraction of sp³-hybridized carbons (Fsp3) is 0.368. The second-order valence-electron chi connectivity index (χ2n) is 6.26. The number of likely N-dealkylation sites (tertiary alicyclic amines) is 1. The van der Waals surface area contributed by atoms with Gasteiger partial charge in [0.2, 0.25) is 0 Å². The van der Waals surface area contributed by atoms with Crippen molar-refractivity contribution in [3.05, 3.63) is 59.9 Å². The molecule has 1 aromatic heterocycles. The van der Waals surface area contributed by atoms with Crippen LogP contribution in [0.3, 0.4) is 0 Å². The number of aromatic nitrogens is 1. The van der Waals surface area contributed by atoms with Gasteiger partial charge in [-0.3, -0.25) is 14.7 Å². The van der Waals surface area contributed by atoms with Crippen LogP contribution in [0.4, 0.5) is 0 Å². The summed E-state index contributed by atoms with van der Waals surface area (Å²) in [7, 11) is 0. The lowest BCUT2D eigenvalue weighted by molar-refractivity contribution is 0.0994. The Morgan fingerprint density at radius 1 is 1.21 bits per heavy atom. The lowest BCUT2D eigenvalue weighted by atomic mass is 9.97. The van der Waals surface area contributed by atoms with Gasteiger partial charge < -0.3 is 10.5 Å². The Labute approximate surface area is 142 Å². The number of benzene rings is 1. The van der Waals surface area contributed by atoms with Crippen molar-refractivity contribution < 1.29 is 9.53 Å². The highest BCUT2D eigenvalue weighted by atomic mass is 16.5. The number of hydrogen-bond donors (Lipinski definition) is 1. The van der Waals surface area contributed by atoms with Crippen LogP contribution < -0.4 is 10.5 Å². The van der Waals surface area contributed by atoms with E-state index in [1.165, 1.54) is 5.56 Å². The first-order valence-corrected chi connectivity index (χ1v) is 8.35. The molecule has 0 aliphatic carbocycles. The monoisotopic (exact) mass is 325 g/mol. The zero-order valence-electron chi connectivity index (χ0n) is 13.7. The average molecular weight is 325 g/mol. The Balaban J connectivity index is 1.44. The first-order valence-electron chi connectivity index (χ1n) is 8.35. The SMILES string of the molecule is NC(=O)c1cc(OCC2CCN(Cc3ccccc3)CC2)ccn1. The van der Waals surface area contributed by atoms with E-state index in [9.17, 15) is 4.79 Å². The van der Waals surface area contributed by atoms with Gasteiger partial charge in [-0.25, -0.2) is 0 Å². The van der Waals surface area contributed by atoms with Crippen molar-refractivity contribution in [2.24, 2.45) is 11.7 Å². The molecule has 2 heterocycles. The molecule has 0 radical (unpaired) electrons. The number of piperidine rings is 1. The minimum absolute atomic E-state index is 0.241. The van der Waals surface area contributed by atoms with Crippen molar-refractivity contribution in [2.75, 3.05) is 19.7 Å². The zero-order chi connectivity index (χ0) is 16.8. The van der Waals surface area contributed by atoms with Gasteiger partial charge in [0.15, 0.2) is 0 Å². The maximum Gasteiger partial charge on any atom is 0.267 e. The second-order valence-corrected chi connectivity index (χ2v) is 6.26. The lowest BCUT2D eigenvalue weighted by Crippen LogP contribution is -2.35. The number of carbonyl (C=O) groups excluding carboxylic acids is 1. The highest BCUT2D eigenvalue weighted by molar-refractivity contribution is 5.91. The molecule has 1 saturated heterocycles. The molecule has 1 aromatic carbocycles. The maximum atomic E-state index is 11.1. The third kappa shape index (κ3) is 4.55. The second kappa shape index (κ2) is 7.93. The molecule has 1 aliphatic heterocycles. The standard InChI is InChI=1S/C19H23N3O2/c20-19(23)18-12-17(6-9-21-18)24-14-16-7-10-22(11-8-16)13-15-4-2-1-3-5-15/h1-6,9,12,16H,7-8,10-11,13-14H2,(H2,20,23). The molecule has 5 heteroatoms. The number of nitrogens with zero attached hydrogens (tertiary/aromatic N) is 2. The maximum absolute atomic E-state index is 11.1. The molecule has 0 bridgehead atoms. The van der Waals surface area contributed by atoms with Crippen molar-refractivity contribution in [1.29, 1.82) is 0 Å². The van der Waals surface area contributed by atoms with E-state index in [2.05, 4.69) is 40.2 Å². The predicted octanol–water partition coefficient (Wildman–Crippen LogP) is 2.47. The molecule has 2 N–H and O–H groups in total. The van der Waals surface area contributed by atoms with Gasteiger partial charge in [-0.2, -0.15) is 0 Å². The summed E-state index contributed by atoms with van der Waals surface area (Å²) < 4.78 is 5.82. The molecular formula is C19H23N3O2. The Bertz CT molecular complexity index is 667. The smallest absolute Gasteiger partial charge is 0.267 e. The summed E-state index contributed by atoms with van der Waals surface area (Å²) in [6.07, 6.45) is 3.80. The number of hydrogen-bond acceptors (Lipinski definition) is 4. The molecule has 0 unspecified atom stereocenters. The highest BCUT2D eigenvalue weighted by Crippen LogP contribution is 2.21. The molecule has 1 aliphatic rings. The van der Waals surface area contributed by atoms with E-state index in [-0.39, 0.29) is 5.69 Å². The molecule has 0 atom stereocenters. The molecule has 0 saturated carbocycles. The largest absolute Gasteiger partial charge is 0.493 e. The van der Waals surface area contributed by atoms with Crippen LogP contribution in [-0.2, 0) is 6.54 Å². The summed E-state index contributed by atoms with van der Waals surface area (Å²) in [6, 6.07) is 13.9. The Morgan fingerprint density at radius 2 is 1.96 bits per heavy atom. The van der Waals surface area contributed by atoms with Crippen LogP contribution in [0.2, 0.25) is 0 Å². The van der Waals surface area contributed by atoms with Gasteiger partial charge in [-0.05, 0) is 43.5 Å². The van der Waals surface area contributed by atoms with Crippen molar-refractivity contribution in [3.8, 4) is 5.75 Å². The number of nitrogens with two attached hydrogens (primary N) is 1. The van der Waals surface area contributed by atoms with Gasteiger partial charge in [0, 0.05) is 18.8 Å². The van der Waals surface area contributed by atoms with Gasteiger partial charge >= 0.3 is 0 Å². The van der Waals surface area contributed by atoms with Gasteiger partial charge in [-0.1, -0.05) is 30.3 Å². The quantitative estimate of drug-likeness (QED) is 0.886. The van der Waals surface area contributed by atoms with Crippen LogP contribution in [0.25, 0.3) is 0 Å². The molecule has 1 amide bonds. The molecular weight excluding hydrogens is 302 g/mol. The number of carbonyl (C=O) groups is 1. The minimum atomic E-state index is -0.533. The van der Waals surface area contributed by atoms with Crippen LogP contribution in [0, 0.1) is 5.92 Å². The number of primary amides is 1. The first kappa shape index (κ1) is 16.5. The van der Waals surface area contributed by atoms with Crippen molar-refractivity contribution in [1.82, 2.24) is 9.88 Å². The van der Waals surface area contributed by atoms with Crippen LogP contribution >= 0.6 is 0 Å². The van der Waals surface area contributed by atoms with E-state index in [0.29, 0.717) is 18.3 Å². The molecule has 24 heavy (non-hydrogen) atoms.